The number of aromatic nitrogens is 1. The molecule has 1 aromatic heterocycles. The Morgan fingerprint density at radius 2 is 2.23 bits per heavy atom. The van der Waals surface area contributed by atoms with Gasteiger partial charge >= 0.3 is 0 Å². The first-order valence-electron chi connectivity index (χ1n) is 4.26. The minimum absolute atomic E-state index is 0.0342. The van der Waals surface area contributed by atoms with Gasteiger partial charge in [-0.15, -0.1) is 0 Å². The van der Waals surface area contributed by atoms with Crippen LogP contribution >= 0.6 is 0 Å². The van der Waals surface area contributed by atoms with Crippen molar-refractivity contribution in [2.24, 2.45) is 5.73 Å². The van der Waals surface area contributed by atoms with E-state index in [1.54, 1.807) is 6.92 Å². The molecule has 0 aromatic carbocycles. The minimum Gasteiger partial charge on any atom is -0.437 e. The highest BCUT2D eigenvalue weighted by Gasteiger charge is 2.17. The third kappa shape index (κ3) is 1.95. The number of ketones is 1. The van der Waals surface area contributed by atoms with Crippen molar-refractivity contribution in [1.82, 2.24) is 4.98 Å². The molecule has 0 bridgehead atoms. The molecule has 13 heavy (non-hydrogen) atoms. The summed E-state index contributed by atoms with van der Waals surface area (Å²) in [6.45, 7) is 5.63. The monoisotopic (exact) mass is 182 g/mol. The van der Waals surface area contributed by atoms with E-state index in [0.717, 1.165) is 0 Å². The lowest BCUT2D eigenvalue weighted by Crippen LogP contribution is -2.13. The smallest absolute Gasteiger partial charge is 0.213 e. The normalized spacial score (nSPS) is 10.8. The van der Waals surface area contributed by atoms with Crippen LogP contribution in [0.1, 0.15) is 41.9 Å². The summed E-state index contributed by atoms with van der Waals surface area (Å²) in [5, 5.41) is 0. The maximum absolute atomic E-state index is 11.2. The van der Waals surface area contributed by atoms with Crippen molar-refractivity contribution < 1.29 is 9.21 Å². The van der Waals surface area contributed by atoms with Crippen LogP contribution in [0.15, 0.2) is 4.42 Å². The van der Waals surface area contributed by atoms with Gasteiger partial charge in [-0.2, -0.15) is 0 Å². The number of hydrogen-bond donors (Lipinski definition) is 1. The highest BCUT2D eigenvalue weighted by atomic mass is 16.4. The molecule has 1 aromatic rings. The molecule has 4 nitrogen and oxygen atoms in total. The van der Waals surface area contributed by atoms with Crippen LogP contribution in [-0.4, -0.2) is 17.3 Å². The van der Waals surface area contributed by atoms with Gasteiger partial charge in [0.2, 0.25) is 5.78 Å². The maximum atomic E-state index is 11.2. The van der Waals surface area contributed by atoms with Crippen LogP contribution < -0.4 is 5.73 Å². The van der Waals surface area contributed by atoms with Crippen molar-refractivity contribution in [3.8, 4) is 0 Å². The molecule has 0 aliphatic heterocycles. The summed E-state index contributed by atoms with van der Waals surface area (Å²) in [6, 6.07) is 0. The van der Waals surface area contributed by atoms with Gasteiger partial charge in [0.15, 0.2) is 11.7 Å². The van der Waals surface area contributed by atoms with Crippen molar-refractivity contribution in [1.29, 1.82) is 0 Å². The summed E-state index contributed by atoms with van der Waals surface area (Å²) in [5.74, 6) is 0.885. The first-order chi connectivity index (χ1) is 6.06. The molecule has 0 unspecified atom stereocenters. The number of carbonyl (C=O) groups excluding carboxylic acids is 1. The summed E-state index contributed by atoms with van der Waals surface area (Å²) >= 11 is 0. The van der Waals surface area contributed by atoms with E-state index in [9.17, 15) is 4.79 Å². The van der Waals surface area contributed by atoms with Crippen LogP contribution in [0.25, 0.3) is 0 Å². The third-order valence-corrected chi connectivity index (χ3v) is 1.75. The van der Waals surface area contributed by atoms with E-state index in [1.807, 2.05) is 13.8 Å². The number of rotatable bonds is 3. The van der Waals surface area contributed by atoms with E-state index >= 15 is 0 Å². The number of oxazole rings is 1. The zero-order valence-electron chi connectivity index (χ0n) is 8.13. The molecular weight excluding hydrogens is 168 g/mol. The highest BCUT2D eigenvalue weighted by Crippen LogP contribution is 2.17. The van der Waals surface area contributed by atoms with Crippen molar-refractivity contribution in [3.05, 3.63) is 17.3 Å². The molecule has 72 valence electrons. The number of nitrogens with two attached hydrogens (primary N) is 1. The Morgan fingerprint density at radius 3 is 2.62 bits per heavy atom. The molecule has 0 saturated heterocycles. The van der Waals surface area contributed by atoms with Gasteiger partial charge in [-0.25, -0.2) is 4.98 Å². The summed E-state index contributed by atoms with van der Waals surface area (Å²) in [4.78, 5) is 15.3. The Labute approximate surface area is 77.1 Å². The lowest BCUT2D eigenvalue weighted by Gasteiger charge is -1.95. The van der Waals surface area contributed by atoms with E-state index in [2.05, 4.69) is 4.98 Å². The Balaban J connectivity index is 3.03. The van der Waals surface area contributed by atoms with E-state index in [0.29, 0.717) is 17.3 Å². The van der Waals surface area contributed by atoms with Crippen molar-refractivity contribution in [3.63, 3.8) is 0 Å². The van der Waals surface area contributed by atoms with Crippen LogP contribution in [0.5, 0.6) is 0 Å². The molecule has 1 heterocycles. The number of Topliss-reactive ketones (excluding diaryl/α,β-unsaturated/α-hetero) is 1. The van der Waals surface area contributed by atoms with E-state index < -0.39 is 0 Å². The average molecular weight is 182 g/mol. The Bertz CT molecular complexity index is 315. The topological polar surface area (TPSA) is 69.1 Å². The fourth-order valence-corrected chi connectivity index (χ4v) is 1.02. The van der Waals surface area contributed by atoms with Gasteiger partial charge in [-0.3, -0.25) is 4.79 Å². The van der Waals surface area contributed by atoms with Crippen LogP contribution in [-0.2, 0) is 0 Å². The van der Waals surface area contributed by atoms with Crippen LogP contribution in [0, 0.1) is 6.92 Å². The molecule has 0 radical (unpaired) electrons. The second-order valence-corrected chi connectivity index (χ2v) is 3.25. The fraction of sp³-hybridized carbons (Fsp3) is 0.556. The Kier molecular flexibility index (Phi) is 2.83. The largest absolute Gasteiger partial charge is 0.437 e. The summed E-state index contributed by atoms with van der Waals surface area (Å²) in [6.07, 6.45) is 0. The van der Waals surface area contributed by atoms with Crippen molar-refractivity contribution in [2.45, 2.75) is 26.7 Å². The van der Waals surface area contributed by atoms with Gasteiger partial charge in [0, 0.05) is 5.92 Å². The molecule has 0 aliphatic rings. The number of nitrogens with zero attached hydrogens (tertiary/aromatic N) is 1. The Morgan fingerprint density at radius 1 is 1.62 bits per heavy atom. The minimum atomic E-state index is -0.197. The van der Waals surface area contributed by atoms with Gasteiger partial charge in [0.05, 0.1) is 12.2 Å². The van der Waals surface area contributed by atoms with Gasteiger partial charge in [-0.1, -0.05) is 13.8 Å². The van der Waals surface area contributed by atoms with E-state index in [1.165, 1.54) is 0 Å². The first-order valence-corrected chi connectivity index (χ1v) is 4.26. The van der Waals surface area contributed by atoms with Gasteiger partial charge in [0.25, 0.3) is 0 Å². The van der Waals surface area contributed by atoms with Gasteiger partial charge in [-0.05, 0) is 6.92 Å². The number of aryl methyl sites for hydroxylation is 1. The summed E-state index contributed by atoms with van der Waals surface area (Å²) in [7, 11) is 0. The van der Waals surface area contributed by atoms with Gasteiger partial charge < -0.3 is 10.2 Å². The molecule has 0 spiro atoms. The number of hydrogen-bond acceptors (Lipinski definition) is 4. The van der Waals surface area contributed by atoms with Crippen LogP contribution in [0.3, 0.4) is 0 Å². The maximum Gasteiger partial charge on any atom is 0.213 e. The van der Waals surface area contributed by atoms with E-state index in [4.69, 9.17) is 10.2 Å². The molecule has 0 fully saturated rings. The second kappa shape index (κ2) is 3.70. The molecule has 4 heteroatoms. The molecule has 0 saturated carbocycles. The lowest BCUT2D eigenvalue weighted by molar-refractivity contribution is 0.0972. The molecule has 0 atom stereocenters. The highest BCUT2D eigenvalue weighted by molar-refractivity contribution is 5.95. The predicted octanol–water partition coefficient (Wildman–Crippen LogP) is 1.25. The quantitative estimate of drug-likeness (QED) is 0.714. The molecule has 2 N–H and O–H groups in total. The summed E-state index contributed by atoms with van der Waals surface area (Å²) in [5.41, 5.74) is 5.85. The second-order valence-electron chi connectivity index (χ2n) is 3.25. The van der Waals surface area contributed by atoms with Crippen molar-refractivity contribution >= 4 is 5.78 Å². The summed E-state index contributed by atoms with van der Waals surface area (Å²) < 4.78 is 5.29. The lowest BCUT2D eigenvalue weighted by atomic mass is 10.2. The molecule has 0 amide bonds. The van der Waals surface area contributed by atoms with Crippen molar-refractivity contribution in [2.75, 3.05) is 6.54 Å². The molecular formula is C9H14N2O2. The predicted molar refractivity (Wildman–Crippen MR) is 48.7 cm³/mol. The zero-order valence-corrected chi connectivity index (χ0v) is 8.13. The fourth-order valence-electron chi connectivity index (χ4n) is 1.02. The van der Waals surface area contributed by atoms with Gasteiger partial charge in [0.1, 0.15) is 0 Å². The molecule has 0 aliphatic carbocycles. The standard InChI is InChI=1S/C9H14N2O2/c1-5(2)9-11-6(3)8(13-9)7(12)4-10/h5H,4,10H2,1-3H3. The Hall–Kier alpha value is -1.16. The van der Waals surface area contributed by atoms with Crippen LogP contribution in [0.2, 0.25) is 0 Å². The average Bonchev–Trinajstić information content (AvgIpc) is 2.46. The third-order valence-electron chi connectivity index (χ3n) is 1.75. The van der Waals surface area contributed by atoms with Crippen LogP contribution in [0.4, 0.5) is 0 Å². The zero-order chi connectivity index (χ0) is 10.0. The molecule has 1 rings (SSSR count). The first kappa shape index (κ1) is 9.92. The number of carbonyl (C=O) groups is 1. The van der Waals surface area contributed by atoms with E-state index in [-0.39, 0.29) is 18.2 Å². The SMILES string of the molecule is Cc1nc(C(C)C)oc1C(=O)CN.